The Bertz CT molecular complexity index is 1390. The van der Waals surface area contributed by atoms with Gasteiger partial charge in [-0.2, -0.15) is 0 Å². The van der Waals surface area contributed by atoms with Crippen LogP contribution in [0.3, 0.4) is 0 Å². The first-order valence-corrected chi connectivity index (χ1v) is 15.1. The zero-order chi connectivity index (χ0) is 26.7. The number of amides is 1. The molecule has 3 heterocycles. The van der Waals surface area contributed by atoms with Crippen LogP contribution < -0.4 is 10.1 Å². The summed E-state index contributed by atoms with van der Waals surface area (Å²) in [7, 11) is -3.04. The molecule has 2 fully saturated rings. The number of nitrogens with zero attached hydrogens (tertiary/aromatic N) is 4. The molecule has 2 N–H and O–H groups in total. The van der Waals surface area contributed by atoms with Gasteiger partial charge in [0.05, 0.1) is 29.5 Å². The van der Waals surface area contributed by atoms with Crippen LogP contribution in [0.25, 0.3) is 22.4 Å². The minimum Gasteiger partial charge on any atom is -0.490 e. The van der Waals surface area contributed by atoms with Gasteiger partial charge >= 0.3 is 0 Å². The van der Waals surface area contributed by atoms with Crippen molar-refractivity contribution >= 4 is 32.7 Å². The van der Waals surface area contributed by atoms with Crippen molar-refractivity contribution in [2.75, 3.05) is 37.0 Å². The lowest BCUT2D eigenvalue weighted by atomic mass is 9.85. The van der Waals surface area contributed by atoms with E-state index in [1.165, 1.54) is 6.26 Å². The molecular weight excluding hydrogens is 510 g/mol. The van der Waals surface area contributed by atoms with Gasteiger partial charge in [-0.3, -0.25) is 4.79 Å². The number of hydrogen-bond donors (Lipinski definition) is 2. The summed E-state index contributed by atoms with van der Waals surface area (Å²) in [5.74, 6) is 1.22. The highest BCUT2D eigenvalue weighted by Gasteiger charge is 2.33. The number of aromatic nitrogens is 3. The Hall–Kier alpha value is -3.25. The number of aliphatic hydroxyl groups excluding tert-OH is 1. The SMILES string of the molecule is CS(=O)(=O)CCCOc1cccc2c(-c3ccnc(N[C@H]4CC[C@H](C(=O)N5CC[C@@H](O)C5)CC4)n3)noc12. The van der Waals surface area contributed by atoms with Gasteiger partial charge in [0.2, 0.25) is 17.4 Å². The molecule has 2 aliphatic rings. The number of ether oxygens (including phenoxy) is 1. The molecule has 1 atom stereocenters. The van der Waals surface area contributed by atoms with Gasteiger partial charge in [-0.25, -0.2) is 18.4 Å². The summed E-state index contributed by atoms with van der Waals surface area (Å²) in [5, 5.41) is 18.1. The van der Waals surface area contributed by atoms with Crippen LogP contribution in [0.2, 0.25) is 0 Å². The summed E-state index contributed by atoms with van der Waals surface area (Å²) in [6.07, 6.45) is 6.80. The summed E-state index contributed by atoms with van der Waals surface area (Å²) in [6, 6.07) is 7.40. The fraction of sp³-hybridized carbons (Fsp3) is 0.538. The predicted molar refractivity (Wildman–Crippen MR) is 141 cm³/mol. The minimum atomic E-state index is -3.04. The Morgan fingerprint density at radius 1 is 1.21 bits per heavy atom. The first-order valence-electron chi connectivity index (χ1n) is 13.0. The molecule has 1 aliphatic heterocycles. The molecule has 1 aliphatic carbocycles. The van der Waals surface area contributed by atoms with Gasteiger partial charge in [0.1, 0.15) is 15.5 Å². The van der Waals surface area contributed by atoms with Crippen LogP contribution in [0, 0.1) is 5.92 Å². The number of nitrogens with one attached hydrogen (secondary N) is 1. The Labute approximate surface area is 221 Å². The number of benzene rings is 1. The van der Waals surface area contributed by atoms with E-state index in [2.05, 4.69) is 20.4 Å². The van der Waals surface area contributed by atoms with E-state index in [0.717, 1.165) is 31.1 Å². The quantitative estimate of drug-likeness (QED) is 0.386. The van der Waals surface area contributed by atoms with Crippen LogP contribution in [0.4, 0.5) is 5.95 Å². The van der Waals surface area contributed by atoms with E-state index in [0.29, 0.717) is 54.6 Å². The lowest BCUT2D eigenvalue weighted by Gasteiger charge is -2.30. The molecule has 1 saturated carbocycles. The number of rotatable bonds is 9. The number of fused-ring (bicyclic) bond motifs is 1. The fourth-order valence-electron chi connectivity index (χ4n) is 5.17. The van der Waals surface area contributed by atoms with Crippen LogP contribution in [-0.2, 0) is 14.6 Å². The molecule has 38 heavy (non-hydrogen) atoms. The second kappa shape index (κ2) is 11.2. The van der Waals surface area contributed by atoms with E-state index in [1.54, 1.807) is 23.2 Å². The highest BCUT2D eigenvalue weighted by atomic mass is 32.2. The van der Waals surface area contributed by atoms with Crippen LogP contribution in [0.1, 0.15) is 38.5 Å². The van der Waals surface area contributed by atoms with Crippen molar-refractivity contribution in [3.8, 4) is 17.1 Å². The Morgan fingerprint density at radius 2 is 2.03 bits per heavy atom. The van der Waals surface area contributed by atoms with Crippen molar-refractivity contribution in [3.05, 3.63) is 30.5 Å². The standard InChI is InChI=1S/C26H33N5O6S/c1-38(34,35)15-3-14-36-22-5-2-4-20-23(30-37-24(20)22)21-10-12-27-26(29-21)28-18-8-6-17(7-9-18)25(33)31-13-11-19(32)16-31/h2,4-5,10,12,17-19,32H,3,6-9,11,13-16H2,1H3,(H,27,28,29)/t17-,18-,19-/m1/s1. The predicted octanol–water partition coefficient (Wildman–Crippen LogP) is 2.66. The summed E-state index contributed by atoms with van der Waals surface area (Å²) in [5.41, 5.74) is 1.64. The van der Waals surface area contributed by atoms with E-state index >= 15 is 0 Å². The van der Waals surface area contributed by atoms with Crippen molar-refractivity contribution in [2.24, 2.45) is 5.92 Å². The van der Waals surface area contributed by atoms with Gasteiger partial charge in [0.25, 0.3) is 0 Å². The Kier molecular flexibility index (Phi) is 7.80. The van der Waals surface area contributed by atoms with Crippen molar-refractivity contribution in [2.45, 2.75) is 50.7 Å². The zero-order valence-corrected chi connectivity index (χ0v) is 22.2. The monoisotopic (exact) mass is 543 g/mol. The number of β-amino-alcohol motifs (C(OH)–C–C–N with tert-alkyl or cyclic N) is 1. The smallest absolute Gasteiger partial charge is 0.225 e. The molecule has 0 bridgehead atoms. The van der Waals surface area contributed by atoms with E-state index in [1.807, 2.05) is 12.1 Å². The Balaban J connectivity index is 1.21. The van der Waals surface area contributed by atoms with Crippen molar-refractivity contribution in [1.82, 2.24) is 20.0 Å². The maximum Gasteiger partial charge on any atom is 0.225 e. The molecule has 0 unspecified atom stereocenters. The second-order valence-electron chi connectivity index (χ2n) is 10.2. The molecular formula is C26H33N5O6S. The lowest BCUT2D eigenvalue weighted by Crippen LogP contribution is -2.38. The molecule has 1 saturated heterocycles. The van der Waals surface area contributed by atoms with Crippen molar-refractivity contribution < 1.29 is 27.6 Å². The summed E-state index contributed by atoms with van der Waals surface area (Å²) >= 11 is 0. The molecule has 3 aromatic rings. The third-order valence-electron chi connectivity index (χ3n) is 7.16. The number of sulfone groups is 1. The maximum atomic E-state index is 12.8. The number of hydrogen-bond acceptors (Lipinski definition) is 10. The zero-order valence-electron chi connectivity index (χ0n) is 21.4. The average Bonchev–Trinajstić information content (AvgIpc) is 3.53. The number of anilines is 1. The van der Waals surface area contributed by atoms with Gasteiger partial charge in [-0.1, -0.05) is 11.2 Å². The van der Waals surface area contributed by atoms with E-state index < -0.39 is 15.9 Å². The summed E-state index contributed by atoms with van der Waals surface area (Å²) in [4.78, 5) is 23.6. The summed E-state index contributed by atoms with van der Waals surface area (Å²) in [6.45, 7) is 1.34. The first kappa shape index (κ1) is 26.4. The van der Waals surface area contributed by atoms with Crippen molar-refractivity contribution in [1.29, 1.82) is 0 Å². The van der Waals surface area contributed by atoms with Crippen LogP contribution in [0.15, 0.2) is 35.0 Å². The fourth-order valence-corrected chi connectivity index (χ4v) is 5.81. The molecule has 11 nitrogen and oxygen atoms in total. The third kappa shape index (κ3) is 6.24. The largest absolute Gasteiger partial charge is 0.490 e. The van der Waals surface area contributed by atoms with Gasteiger partial charge in [-0.15, -0.1) is 0 Å². The number of carbonyl (C=O) groups excluding carboxylic acids is 1. The van der Waals surface area contributed by atoms with E-state index in [9.17, 15) is 18.3 Å². The lowest BCUT2D eigenvalue weighted by molar-refractivity contribution is -0.135. The molecule has 1 aromatic carbocycles. The second-order valence-corrected chi connectivity index (χ2v) is 12.4. The maximum absolute atomic E-state index is 12.8. The molecule has 0 radical (unpaired) electrons. The molecule has 1 amide bonds. The van der Waals surface area contributed by atoms with Gasteiger partial charge < -0.3 is 24.6 Å². The average molecular weight is 544 g/mol. The number of likely N-dealkylation sites (tertiary alicyclic amines) is 1. The minimum absolute atomic E-state index is 0.00915. The van der Waals surface area contributed by atoms with Crippen LogP contribution in [-0.4, -0.2) is 83.3 Å². The van der Waals surface area contributed by atoms with Gasteiger partial charge in [-0.05, 0) is 56.7 Å². The Morgan fingerprint density at radius 3 is 2.76 bits per heavy atom. The third-order valence-corrected chi connectivity index (χ3v) is 8.19. The molecule has 5 rings (SSSR count). The van der Waals surface area contributed by atoms with E-state index in [-0.39, 0.29) is 30.2 Å². The van der Waals surface area contributed by atoms with E-state index in [4.69, 9.17) is 9.26 Å². The van der Waals surface area contributed by atoms with Crippen LogP contribution >= 0.6 is 0 Å². The summed E-state index contributed by atoms with van der Waals surface area (Å²) < 4.78 is 34.0. The van der Waals surface area contributed by atoms with Gasteiger partial charge in [0, 0.05) is 37.5 Å². The number of aliphatic hydroxyl groups is 1. The van der Waals surface area contributed by atoms with Crippen LogP contribution in [0.5, 0.6) is 5.75 Å². The topological polar surface area (TPSA) is 148 Å². The van der Waals surface area contributed by atoms with Crippen molar-refractivity contribution in [3.63, 3.8) is 0 Å². The highest BCUT2D eigenvalue weighted by molar-refractivity contribution is 7.90. The molecule has 204 valence electrons. The number of carbonyl (C=O) groups is 1. The number of para-hydroxylation sites is 1. The molecule has 2 aromatic heterocycles. The normalized spacial score (nSPS) is 22.1. The molecule has 12 heteroatoms. The van der Waals surface area contributed by atoms with Gasteiger partial charge in [0.15, 0.2) is 5.75 Å². The first-order chi connectivity index (χ1) is 18.3. The molecule has 0 spiro atoms. The highest BCUT2D eigenvalue weighted by Crippen LogP contribution is 2.33.